The number of hydrogen-bond donors (Lipinski definition) is 2. The average Bonchev–Trinajstić information content (AvgIpc) is 2.60. The van der Waals surface area contributed by atoms with Crippen LogP contribution in [0.25, 0.3) is 0 Å². The molecule has 1 rings (SSSR count). The standard InChI is InChI=1S/C13H20N2O4/c1-8-5-10(15-19-8)12(18)14-9(6-11(16)17)7-13(2,3)4/h5,9H,6-7H2,1-4H3,(H,14,18)(H,16,17). The van der Waals surface area contributed by atoms with Gasteiger partial charge < -0.3 is 14.9 Å². The highest BCUT2D eigenvalue weighted by Gasteiger charge is 2.24. The smallest absolute Gasteiger partial charge is 0.305 e. The second-order valence-corrected chi connectivity index (χ2v) is 5.86. The van der Waals surface area contributed by atoms with Crippen molar-refractivity contribution in [2.24, 2.45) is 5.41 Å². The lowest BCUT2D eigenvalue weighted by molar-refractivity contribution is -0.137. The molecule has 6 heteroatoms. The molecule has 1 aromatic rings. The fraction of sp³-hybridized carbons (Fsp3) is 0.615. The number of carboxylic acid groups (broad SMARTS) is 1. The van der Waals surface area contributed by atoms with E-state index in [9.17, 15) is 9.59 Å². The van der Waals surface area contributed by atoms with Gasteiger partial charge in [-0.15, -0.1) is 0 Å². The summed E-state index contributed by atoms with van der Waals surface area (Å²) in [5, 5.41) is 15.2. The van der Waals surface area contributed by atoms with Crippen LogP contribution in [0.5, 0.6) is 0 Å². The van der Waals surface area contributed by atoms with Crippen LogP contribution in [0.1, 0.15) is 49.9 Å². The van der Waals surface area contributed by atoms with E-state index in [1.807, 2.05) is 20.8 Å². The van der Waals surface area contributed by atoms with Crippen molar-refractivity contribution in [3.05, 3.63) is 17.5 Å². The molecule has 19 heavy (non-hydrogen) atoms. The number of carbonyl (C=O) groups excluding carboxylic acids is 1. The van der Waals surface area contributed by atoms with E-state index in [0.717, 1.165) is 0 Å². The van der Waals surface area contributed by atoms with E-state index >= 15 is 0 Å². The van der Waals surface area contributed by atoms with Crippen LogP contribution < -0.4 is 5.32 Å². The molecule has 0 spiro atoms. The number of rotatable bonds is 5. The summed E-state index contributed by atoms with van der Waals surface area (Å²) in [6.07, 6.45) is 0.460. The first-order chi connectivity index (χ1) is 8.67. The first-order valence-electron chi connectivity index (χ1n) is 6.13. The van der Waals surface area contributed by atoms with E-state index in [4.69, 9.17) is 9.63 Å². The molecule has 0 bridgehead atoms. The molecule has 0 saturated carbocycles. The van der Waals surface area contributed by atoms with Gasteiger partial charge in [0.2, 0.25) is 0 Å². The molecular weight excluding hydrogens is 248 g/mol. The lowest BCUT2D eigenvalue weighted by atomic mass is 9.87. The van der Waals surface area contributed by atoms with Crippen LogP contribution in [0.4, 0.5) is 0 Å². The first kappa shape index (κ1) is 15.2. The van der Waals surface area contributed by atoms with Gasteiger partial charge in [-0.3, -0.25) is 9.59 Å². The lowest BCUT2D eigenvalue weighted by Gasteiger charge is -2.25. The van der Waals surface area contributed by atoms with Crippen LogP contribution in [0.3, 0.4) is 0 Å². The van der Waals surface area contributed by atoms with E-state index in [2.05, 4.69) is 10.5 Å². The number of nitrogens with zero attached hydrogens (tertiary/aromatic N) is 1. The summed E-state index contributed by atoms with van der Waals surface area (Å²) < 4.78 is 4.82. The SMILES string of the molecule is Cc1cc(C(=O)NC(CC(=O)O)CC(C)(C)C)no1. The molecule has 1 heterocycles. The minimum atomic E-state index is -0.939. The van der Waals surface area contributed by atoms with Crippen LogP contribution in [0.2, 0.25) is 0 Å². The van der Waals surface area contributed by atoms with Crippen LogP contribution in [0, 0.1) is 12.3 Å². The maximum atomic E-state index is 11.9. The Morgan fingerprint density at radius 1 is 1.47 bits per heavy atom. The Bertz CT molecular complexity index is 459. The van der Waals surface area contributed by atoms with E-state index in [1.165, 1.54) is 6.07 Å². The van der Waals surface area contributed by atoms with Crippen molar-refractivity contribution in [2.45, 2.75) is 46.6 Å². The molecule has 0 saturated heterocycles. The van der Waals surface area contributed by atoms with Crippen molar-refractivity contribution in [1.82, 2.24) is 10.5 Å². The maximum Gasteiger partial charge on any atom is 0.305 e. The summed E-state index contributed by atoms with van der Waals surface area (Å²) in [5.41, 5.74) is 0.0921. The highest BCUT2D eigenvalue weighted by Crippen LogP contribution is 2.22. The Kier molecular flexibility index (Phi) is 4.69. The van der Waals surface area contributed by atoms with Crippen molar-refractivity contribution in [3.63, 3.8) is 0 Å². The predicted molar refractivity (Wildman–Crippen MR) is 68.8 cm³/mol. The Morgan fingerprint density at radius 3 is 2.53 bits per heavy atom. The minimum absolute atomic E-state index is 0.0763. The zero-order valence-corrected chi connectivity index (χ0v) is 11.7. The van der Waals surface area contributed by atoms with Gasteiger partial charge in [-0.2, -0.15) is 0 Å². The molecule has 0 aliphatic heterocycles. The third-order valence-corrected chi connectivity index (χ3v) is 2.48. The summed E-state index contributed by atoms with van der Waals surface area (Å²) in [6, 6.07) is 1.09. The third kappa shape index (κ3) is 5.54. The number of aliphatic carboxylic acids is 1. The van der Waals surface area contributed by atoms with Crippen molar-refractivity contribution in [3.8, 4) is 0 Å². The molecule has 0 radical (unpaired) electrons. The summed E-state index contributed by atoms with van der Waals surface area (Å²) in [4.78, 5) is 22.7. The number of hydrogen-bond acceptors (Lipinski definition) is 4. The molecule has 1 amide bonds. The highest BCUT2D eigenvalue weighted by atomic mass is 16.5. The van der Waals surface area contributed by atoms with Crippen molar-refractivity contribution in [2.75, 3.05) is 0 Å². The fourth-order valence-corrected chi connectivity index (χ4v) is 1.86. The van der Waals surface area contributed by atoms with Gasteiger partial charge in [-0.05, 0) is 18.8 Å². The summed E-state index contributed by atoms with van der Waals surface area (Å²) in [5.74, 6) is -0.811. The second kappa shape index (κ2) is 5.86. The van der Waals surface area contributed by atoms with Gasteiger partial charge in [-0.1, -0.05) is 25.9 Å². The van der Waals surface area contributed by atoms with Crippen molar-refractivity contribution in [1.29, 1.82) is 0 Å². The number of aromatic nitrogens is 1. The summed E-state index contributed by atoms with van der Waals surface area (Å²) in [6.45, 7) is 7.67. The Morgan fingerprint density at radius 2 is 2.11 bits per heavy atom. The molecule has 0 aliphatic carbocycles. The summed E-state index contributed by atoms with van der Waals surface area (Å²) in [7, 11) is 0. The maximum absolute atomic E-state index is 11.9. The number of carboxylic acids is 1. The second-order valence-electron chi connectivity index (χ2n) is 5.86. The molecule has 6 nitrogen and oxygen atoms in total. The molecule has 1 unspecified atom stereocenters. The van der Waals surface area contributed by atoms with Gasteiger partial charge in [0.15, 0.2) is 5.69 Å². The Balaban J connectivity index is 2.71. The molecule has 1 aromatic heterocycles. The lowest BCUT2D eigenvalue weighted by Crippen LogP contribution is -2.39. The van der Waals surface area contributed by atoms with E-state index in [-0.39, 0.29) is 17.5 Å². The minimum Gasteiger partial charge on any atom is -0.481 e. The zero-order chi connectivity index (χ0) is 14.6. The van der Waals surface area contributed by atoms with E-state index < -0.39 is 17.9 Å². The number of nitrogens with one attached hydrogen (secondary N) is 1. The van der Waals surface area contributed by atoms with Crippen LogP contribution in [-0.4, -0.2) is 28.2 Å². The van der Waals surface area contributed by atoms with Crippen molar-refractivity contribution < 1.29 is 19.2 Å². The normalized spacial score (nSPS) is 13.1. The summed E-state index contributed by atoms with van der Waals surface area (Å²) >= 11 is 0. The highest BCUT2D eigenvalue weighted by molar-refractivity contribution is 5.92. The predicted octanol–water partition coefficient (Wildman–Crippen LogP) is 1.99. The molecule has 1 atom stereocenters. The Hall–Kier alpha value is -1.85. The fourth-order valence-electron chi connectivity index (χ4n) is 1.86. The largest absolute Gasteiger partial charge is 0.481 e. The Labute approximate surface area is 112 Å². The van der Waals surface area contributed by atoms with Gasteiger partial charge in [0.05, 0.1) is 6.42 Å². The first-order valence-corrected chi connectivity index (χ1v) is 6.13. The molecule has 106 valence electrons. The quantitative estimate of drug-likeness (QED) is 0.852. The van der Waals surface area contributed by atoms with E-state index in [0.29, 0.717) is 12.2 Å². The van der Waals surface area contributed by atoms with Gasteiger partial charge in [0, 0.05) is 12.1 Å². The topological polar surface area (TPSA) is 92.4 Å². The monoisotopic (exact) mass is 268 g/mol. The third-order valence-electron chi connectivity index (χ3n) is 2.48. The molecule has 0 aromatic carbocycles. The van der Waals surface area contributed by atoms with E-state index in [1.54, 1.807) is 6.92 Å². The molecular formula is C13H20N2O4. The zero-order valence-electron chi connectivity index (χ0n) is 11.7. The average molecular weight is 268 g/mol. The van der Waals surface area contributed by atoms with Crippen LogP contribution >= 0.6 is 0 Å². The molecule has 0 aliphatic rings. The van der Waals surface area contributed by atoms with Crippen LogP contribution in [-0.2, 0) is 4.79 Å². The van der Waals surface area contributed by atoms with Gasteiger partial charge in [-0.25, -0.2) is 0 Å². The number of amides is 1. The van der Waals surface area contributed by atoms with Crippen molar-refractivity contribution >= 4 is 11.9 Å². The van der Waals surface area contributed by atoms with Gasteiger partial charge in [0.1, 0.15) is 5.76 Å². The number of aryl methyl sites for hydroxylation is 1. The molecule has 0 fully saturated rings. The van der Waals surface area contributed by atoms with Crippen LogP contribution in [0.15, 0.2) is 10.6 Å². The molecule has 2 N–H and O–H groups in total. The van der Waals surface area contributed by atoms with Gasteiger partial charge >= 0.3 is 5.97 Å². The van der Waals surface area contributed by atoms with Gasteiger partial charge in [0.25, 0.3) is 5.91 Å². The number of carbonyl (C=O) groups is 2.